The second-order valence-electron chi connectivity index (χ2n) is 7.25. The first kappa shape index (κ1) is 24.4. The number of thiophene rings is 1. The van der Waals surface area contributed by atoms with Crippen molar-refractivity contribution >= 4 is 62.0 Å². The number of rotatable bonds is 6. The fourth-order valence-corrected chi connectivity index (χ4v) is 5.32. The Balaban J connectivity index is 2.05. The minimum absolute atomic E-state index is 0.00599. The highest BCUT2D eigenvalue weighted by Crippen LogP contribution is 2.47. The average Bonchev–Trinajstić information content (AvgIpc) is 3.17. The Hall–Kier alpha value is -3.71. The Morgan fingerprint density at radius 3 is 2.26 bits per heavy atom. The Kier molecular flexibility index (Phi) is 6.63. The summed E-state index contributed by atoms with van der Waals surface area (Å²) in [5.41, 5.74) is 14.0. The Labute approximate surface area is 214 Å². The first-order valence-corrected chi connectivity index (χ1v) is 11.5. The van der Waals surface area contributed by atoms with E-state index in [1.54, 1.807) is 18.2 Å². The first-order chi connectivity index (χ1) is 16.7. The van der Waals surface area contributed by atoms with Crippen LogP contribution in [0.15, 0.2) is 30.3 Å². The molecule has 0 bridgehead atoms. The molecule has 0 radical (unpaired) electrons. The number of benzene rings is 2. The van der Waals surface area contributed by atoms with Gasteiger partial charge in [-0.3, -0.25) is 4.79 Å². The SMILES string of the molecule is COc1cc(-c2c(C#N)c(N)nc3sc(C(=O)c4ccc(Cl)cc4Cl)c(N)c23)cc(OC)c1OC. The molecule has 0 aliphatic heterocycles. The van der Waals surface area contributed by atoms with Crippen LogP contribution in [0.1, 0.15) is 20.8 Å². The molecule has 0 unspecified atom stereocenters. The molecule has 4 aromatic rings. The number of pyridine rings is 1. The average molecular weight is 529 g/mol. The number of nitriles is 1. The molecule has 0 fully saturated rings. The largest absolute Gasteiger partial charge is 0.493 e. The Morgan fingerprint density at radius 2 is 1.71 bits per heavy atom. The summed E-state index contributed by atoms with van der Waals surface area (Å²) in [4.78, 5) is 18.3. The number of carbonyl (C=O) groups is 1. The van der Waals surface area contributed by atoms with Crippen molar-refractivity contribution in [3.63, 3.8) is 0 Å². The molecular weight excluding hydrogens is 511 g/mol. The molecule has 35 heavy (non-hydrogen) atoms. The molecular formula is C24H18Cl2N4O4S. The van der Waals surface area contributed by atoms with Gasteiger partial charge < -0.3 is 25.7 Å². The lowest BCUT2D eigenvalue weighted by molar-refractivity contribution is 0.104. The highest BCUT2D eigenvalue weighted by atomic mass is 35.5. The molecule has 4 N–H and O–H groups in total. The van der Waals surface area contributed by atoms with Gasteiger partial charge in [0.25, 0.3) is 0 Å². The summed E-state index contributed by atoms with van der Waals surface area (Å²) in [6.07, 6.45) is 0. The maximum absolute atomic E-state index is 13.4. The molecule has 0 aliphatic rings. The number of ether oxygens (including phenoxy) is 3. The maximum atomic E-state index is 13.4. The quantitative estimate of drug-likeness (QED) is 0.310. The van der Waals surface area contributed by atoms with Gasteiger partial charge >= 0.3 is 0 Å². The van der Waals surface area contributed by atoms with E-state index in [1.165, 1.54) is 33.5 Å². The number of halogens is 2. The van der Waals surface area contributed by atoms with Gasteiger partial charge in [-0.1, -0.05) is 23.2 Å². The van der Waals surface area contributed by atoms with Crippen molar-refractivity contribution in [1.29, 1.82) is 5.26 Å². The number of nitrogen functional groups attached to an aromatic ring is 2. The van der Waals surface area contributed by atoms with Crippen LogP contribution in [-0.2, 0) is 0 Å². The maximum Gasteiger partial charge on any atom is 0.206 e. The lowest BCUT2D eigenvalue weighted by Gasteiger charge is -2.16. The molecule has 8 nitrogen and oxygen atoms in total. The standard InChI is InChI=1S/C24H18Cl2N4O4S/c1-32-15-6-10(7-16(33-2)21(15)34-3)17-13(9-27)23(29)30-24-18(17)19(28)22(35-24)20(31)12-5-4-11(25)8-14(12)26/h4-8H,28H2,1-3H3,(H2,29,30). The highest BCUT2D eigenvalue weighted by molar-refractivity contribution is 7.21. The molecule has 178 valence electrons. The molecule has 0 spiro atoms. The van der Waals surface area contributed by atoms with Crippen LogP contribution in [0.2, 0.25) is 10.0 Å². The van der Waals surface area contributed by atoms with Crippen LogP contribution in [-0.4, -0.2) is 32.1 Å². The summed E-state index contributed by atoms with van der Waals surface area (Å²) in [7, 11) is 4.45. The summed E-state index contributed by atoms with van der Waals surface area (Å²) < 4.78 is 16.3. The number of fused-ring (bicyclic) bond motifs is 1. The molecule has 2 heterocycles. The summed E-state index contributed by atoms with van der Waals surface area (Å²) in [5.74, 6) is 0.704. The minimum atomic E-state index is -0.403. The summed E-state index contributed by atoms with van der Waals surface area (Å²) in [6.45, 7) is 0. The van der Waals surface area contributed by atoms with Gasteiger partial charge in [0, 0.05) is 21.5 Å². The number of methoxy groups -OCH3 is 3. The summed E-state index contributed by atoms with van der Waals surface area (Å²) >= 11 is 13.3. The topological polar surface area (TPSA) is 133 Å². The molecule has 0 atom stereocenters. The van der Waals surface area contributed by atoms with Crippen molar-refractivity contribution in [2.24, 2.45) is 0 Å². The molecule has 0 amide bonds. The predicted molar refractivity (Wildman–Crippen MR) is 138 cm³/mol. The summed E-state index contributed by atoms with van der Waals surface area (Å²) in [6, 6.07) is 10.0. The zero-order valence-electron chi connectivity index (χ0n) is 18.7. The molecule has 0 saturated carbocycles. The van der Waals surface area contributed by atoms with Crippen LogP contribution in [0.25, 0.3) is 21.3 Å². The van der Waals surface area contributed by atoms with Gasteiger partial charge in [-0.05, 0) is 35.9 Å². The fraction of sp³-hybridized carbons (Fsp3) is 0.125. The molecule has 2 aromatic heterocycles. The van der Waals surface area contributed by atoms with Crippen molar-refractivity contribution in [1.82, 2.24) is 4.98 Å². The highest BCUT2D eigenvalue weighted by Gasteiger charge is 2.27. The van der Waals surface area contributed by atoms with E-state index in [0.717, 1.165) is 11.3 Å². The number of aromatic nitrogens is 1. The van der Waals surface area contributed by atoms with Crippen LogP contribution < -0.4 is 25.7 Å². The zero-order valence-corrected chi connectivity index (χ0v) is 21.1. The van der Waals surface area contributed by atoms with Crippen molar-refractivity contribution in [2.45, 2.75) is 0 Å². The lowest BCUT2D eigenvalue weighted by atomic mass is 9.96. The van der Waals surface area contributed by atoms with E-state index >= 15 is 0 Å². The van der Waals surface area contributed by atoms with Gasteiger partial charge in [-0.15, -0.1) is 11.3 Å². The number of nitrogens with two attached hydrogens (primary N) is 2. The van der Waals surface area contributed by atoms with E-state index in [1.807, 2.05) is 0 Å². The van der Waals surface area contributed by atoms with E-state index in [4.69, 9.17) is 48.9 Å². The minimum Gasteiger partial charge on any atom is -0.493 e. The van der Waals surface area contributed by atoms with Crippen molar-refractivity contribution < 1.29 is 19.0 Å². The number of nitrogens with zero attached hydrogens (tertiary/aromatic N) is 2. The predicted octanol–water partition coefficient (Wildman–Crippen LogP) is 5.56. The van der Waals surface area contributed by atoms with Crippen LogP contribution in [0.5, 0.6) is 17.2 Å². The second-order valence-corrected chi connectivity index (χ2v) is 9.09. The van der Waals surface area contributed by atoms with Gasteiger partial charge in [0.2, 0.25) is 11.5 Å². The van der Waals surface area contributed by atoms with E-state index < -0.39 is 5.78 Å². The first-order valence-electron chi connectivity index (χ1n) is 9.97. The van der Waals surface area contributed by atoms with Crippen LogP contribution in [0, 0.1) is 11.3 Å². The van der Waals surface area contributed by atoms with Gasteiger partial charge in [0.15, 0.2) is 11.5 Å². The van der Waals surface area contributed by atoms with Crippen LogP contribution in [0.3, 0.4) is 0 Å². The van der Waals surface area contributed by atoms with E-state index in [0.29, 0.717) is 43.6 Å². The van der Waals surface area contributed by atoms with Crippen LogP contribution >= 0.6 is 34.5 Å². The second kappa shape index (κ2) is 9.50. The molecule has 0 saturated heterocycles. The number of hydrogen-bond acceptors (Lipinski definition) is 9. The van der Waals surface area contributed by atoms with Crippen molar-refractivity contribution in [2.75, 3.05) is 32.8 Å². The van der Waals surface area contributed by atoms with E-state index in [9.17, 15) is 10.1 Å². The fourth-order valence-electron chi connectivity index (χ4n) is 3.76. The number of hydrogen-bond donors (Lipinski definition) is 2. The van der Waals surface area contributed by atoms with Gasteiger partial charge in [-0.25, -0.2) is 4.98 Å². The number of anilines is 2. The number of ketones is 1. The molecule has 4 rings (SSSR count). The lowest BCUT2D eigenvalue weighted by Crippen LogP contribution is -2.04. The Morgan fingerprint density at radius 1 is 1.06 bits per heavy atom. The Bertz CT molecular complexity index is 1520. The van der Waals surface area contributed by atoms with E-state index in [-0.39, 0.29) is 32.5 Å². The van der Waals surface area contributed by atoms with Gasteiger partial charge in [0.05, 0.1) is 32.0 Å². The third kappa shape index (κ3) is 4.06. The third-order valence-corrected chi connectivity index (χ3v) is 7.00. The molecule has 11 heteroatoms. The van der Waals surface area contributed by atoms with Crippen molar-refractivity contribution in [3.8, 4) is 34.4 Å². The molecule has 0 aliphatic carbocycles. The summed E-state index contributed by atoms with van der Waals surface area (Å²) in [5, 5.41) is 10.9. The molecule has 2 aromatic carbocycles. The smallest absolute Gasteiger partial charge is 0.206 e. The van der Waals surface area contributed by atoms with Gasteiger partial charge in [-0.2, -0.15) is 5.26 Å². The normalized spacial score (nSPS) is 10.7. The monoisotopic (exact) mass is 528 g/mol. The number of carbonyl (C=O) groups excluding carboxylic acids is 1. The third-order valence-electron chi connectivity index (χ3n) is 5.35. The van der Waals surface area contributed by atoms with Gasteiger partial charge in [0.1, 0.15) is 27.2 Å². The van der Waals surface area contributed by atoms with Crippen molar-refractivity contribution in [3.05, 3.63) is 56.4 Å². The zero-order chi connectivity index (χ0) is 25.4. The van der Waals surface area contributed by atoms with Crippen LogP contribution in [0.4, 0.5) is 11.5 Å². The van der Waals surface area contributed by atoms with E-state index in [2.05, 4.69) is 11.1 Å².